The molecule has 0 atom stereocenters. The average molecular weight is 271 g/mol. The molecule has 6 heteroatoms. The first-order valence-corrected chi connectivity index (χ1v) is 5.50. The minimum absolute atomic E-state index is 0.00228. The minimum Gasteiger partial charge on any atom is -0.444 e. The Morgan fingerprint density at radius 3 is 2.61 bits per heavy atom. The number of nitrogens with zero attached hydrogens (tertiary/aromatic N) is 1. The third kappa shape index (κ3) is 3.90. The molecular weight excluding hydrogens is 259 g/mol. The fourth-order valence-electron chi connectivity index (χ4n) is 1.16. The van der Waals surface area contributed by atoms with Crippen LogP contribution in [-0.4, -0.2) is 11.7 Å². The number of nitriles is 1. The van der Waals surface area contributed by atoms with Crippen LogP contribution in [0.3, 0.4) is 0 Å². The van der Waals surface area contributed by atoms with Crippen molar-refractivity contribution in [2.24, 2.45) is 0 Å². The SMILES string of the molecule is CC(C)(C)OC(=O)Nc1cc(C#N)cc(F)c1Cl. The highest BCUT2D eigenvalue weighted by Crippen LogP contribution is 2.27. The molecule has 1 rings (SSSR count). The van der Waals surface area contributed by atoms with E-state index in [0.29, 0.717) is 0 Å². The van der Waals surface area contributed by atoms with Gasteiger partial charge in [0.05, 0.1) is 17.3 Å². The second kappa shape index (κ2) is 5.23. The topological polar surface area (TPSA) is 62.1 Å². The van der Waals surface area contributed by atoms with Crippen molar-refractivity contribution in [1.82, 2.24) is 0 Å². The monoisotopic (exact) mass is 270 g/mol. The molecule has 0 aliphatic rings. The summed E-state index contributed by atoms with van der Waals surface area (Å²) in [7, 11) is 0. The molecule has 0 aliphatic carbocycles. The maximum atomic E-state index is 13.3. The number of carbonyl (C=O) groups excluding carboxylic acids is 1. The number of rotatable bonds is 1. The van der Waals surface area contributed by atoms with E-state index in [1.54, 1.807) is 26.8 Å². The van der Waals surface area contributed by atoms with Crippen molar-refractivity contribution in [3.05, 3.63) is 28.5 Å². The number of amides is 1. The molecular formula is C12H12ClFN2O2. The van der Waals surface area contributed by atoms with Crippen LogP contribution in [0.2, 0.25) is 5.02 Å². The molecule has 1 N–H and O–H groups in total. The quantitative estimate of drug-likeness (QED) is 0.846. The number of ether oxygens (including phenoxy) is 1. The van der Waals surface area contributed by atoms with Crippen LogP contribution in [0, 0.1) is 17.1 Å². The Kier molecular flexibility index (Phi) is 4.15. The largest absolute Gasteiger partial charge is 0.444 e. The predicted molar refractivity (Wildman–Crippen MR) is 66.0 cm³/mol. The highest BCUT2D eigenvalue weighted by atomic mass is 35.5. The van der Waals surface area contributed by atoms with Crippen molar-refractivity contribution in [3.63, 3.8) is 0 Å². The van der Waals surface area contributed by atoms with Gasteiger partial charge in [0.2, 0.25) is 0 Å². The molecule has 0 aromatic heterocycles. The van der Waals surface area contributed by atoms with Crippen LogP contribution in [0.25, 0.3) is 0 Å². The first-order chi connectivity index (χ1) is 8.23. The van der Waals surface area contributed by atoms with Gasteiger partial charge in [-0.2, -0.15) is 5.26 Å². The summed E-state index contributed by atoms with van der Waals surface area (Å²) in [5.41, 5.74) is -0.618. The summed E-state index contributed by atoms with van der Waals surface area (Å²) in [6.07, 6.45) is -0.765. The summed E-state index contributed by atoms with van der Waals surface area (Å²) in [5.74, 6) is -0.776. The predicted octanol–water partition coefficient (Wildman–Crippen LogP) is 3.70. The molecule has 0 saturated carbocycles. The van der Waals surface area contributed by atoms with Crippen LogP contribution in [0.1, 0.15) is 26.3 Å². The van der Waals surface area contributed by atoms with E-state index >= 15 is 0 Å². The van der Waals surface area contributed by atoms with Crippen LogP contribution < -0.4 is 5.32 Å². The van der Waals surface area contributed by atoms with Gasteiger partial charge in [-0.25, -0.2) is 9.18 Å². The number of carbonyl (C=O) groups is 1. The lowest BCUT2D eigenvalue weighted by molar-refractivity contribution is 0.0636. The lowest BCUT2D eigenvalue weighted by Gasteiger charge is -2.20. The molecule has 1 aromatic carbocycles. The van der Waals surface area contributed by atoms with E-state index in [4.69, 9.17) is 21.6 Å². The zero-order chi connectivity index (χ0) is 13.9. The fraction of sp³-hybridized carbons (Fsp3) is 0.333. The summed E-state index contributed by atoms with van der Waals surface area (Å²) < 4.78 is 18.3. The van der Waals surface area contributed by atoms with Crippen LogP contribution >= 0.6 is 11.6 Å². The molecule has 0 spiro atoms. The number of anilines is 1. The zero-order valence-corrected chi connectivity index (χ0v) is 10.9. The molecule has 0 heterocycles. The molecule has 1 aromatic rings. The molecule has 0 bridgehead atoms. The van der Waals surface area contributed by atoms with Gasteiger partial charge in [0.15, 0.2) is 0 Å². The summed E-state index contributed by atoms with van der Waals surface area (Å²) in [6.45, 7) is 5.08. The summed E-state index contributed by atoms with van der Waals surface area (Å²) >= 11 is 5.68. The number of halogens is 2. The lowest BCUT2D eigenvalue weighted by atomic mass is 10.2. The van der Waals surface area contributed by atoms with Crippen molar-refractivity contribution in [3.8, 4) is 6.07 Å². The van der Waals surface area contributed by atoms with Crippen molar-refractivity contribution in [2.75, 3.05) is 5.32 Å². The summed E-state index contributed by atoms with van der Waals surface area (Å²) in [5, 5.41) is 10.7. The molecule has 0 unspecified atom stereocenters. The first kappa shape index (κ1) is 14.3. The second-order valence-corrected chi connectivity index (χ2v) is 4.94. The molecule has 96 valence electrons. The molecule has 0 saturated heterocycles. The van der Waals surface area contributed by atoms with Gasteiger partial charge in [0.1, 0.15) is 16.4 Å². The van der Waals surface area contributed by atoms with E-state index in [-0.39, 0.29) is 16.3 Å². The summed E-state index contributed by atoms with van der Waals surface area (Å²) in [4.78, 5) is 11.5. The first-order valence-electron chi connectivity index (χ1n) is 5.12. The number of hydrogen-bond acceptors (Lipinski definition) is 3. The van der Waals surface area contributed by atoms with E-state index in [1.165, 1.54) is 6.07 Å². The van der Waals surface area contributed by atoms with Gasteiger partial charge >= 0.3 is 6.09 Å². The highest BCUT2D eigenvalue weighted by Gasteiger charge is 2.18. The average Bonchev–Trinajstić information content (AvgIpc) is 2.21. The van der Waals surface area contributed by atoms with Crippen molar-refractivity contribution in [2.45, 2.75) is 26.4 Å². The van der Waals surface area contributed by atoms with E-state index in [1.807, 2.05) is 0 Å². The van der Waals surface area contributed by atoms with Gasteiger partial charge in [-0.05, 0) is 32.9 Å². The Morgan fingerprint density at radius 1 is 1.50 bits per heavy atom. The third-order valence-electron chi connectivity index (χ3n) is 1.79. The van der Waals surface area contributed by atoms with Gasteiger partial charge in [0.25, 0.3) is 0 Å². The van der Waals surface area contributed by atoms with E-state index in [0.717, 1.165) is 6.07 Å². The van der Waals surface area contributed by atoms with Gasteiger partial charge in [-0.3, -0.25) is 5.32 Å². The highest BCUT2D eigenvalue weighted by molar-refractivity contribution is 6.33. The lowest BCUT2D eigenvalue weighted by Crippen LogP contribution is -2.27. The van der Waals surface area contributed by atoms with Crippen molar-refractivity contribution in [1.29, 1.82) is 5.26 Å². The number of hydrogen-bond donors (Lipinski definition) is 1. The Morgan fingerprint density at radius 2 is 2.11 bits per heavy atom. The Balaban J connectivity index is 2.95. The Bertz CT molecular complexity index is 518. The Labute approximate surface area is 109 Å². The molecule has 0 aliphatic heterocycles. The minimum atomic E-state index is -0.776. The smallest absolute Gasteiger partial charge is 0.412 e. The van der Waals surface area contributed by atoms with Crippen LogP contribution in [0.4, 0.5) is 14.9 Å². The van der Waals surface area contributed by atoms with Crippen LogP contribution in [-0.2, 0) is 4.74 Å². The zero-order valence-electron chi connectivity index (χ0n) is 10.2. The maximum Gasteiger partial charge on any atom is 0.412 e. The normalized spacial score (nSPS) is 10.7. The molecule has 4 nitrogen and oxygen atoms in total. The van der Waals surface area contributed by atoms with Crippen molar-refractivity contribution >= 4 is 23.4 Å². The van der Waals surface area contributed by atoms with Crippen LogP contribution in [0.15, 0.2) is 12.1 Å². The van der Waals surface area contributed by atoms with E-state index in [9.17, 15) is 9.18 Å². The number of nitrogens with one attached hydrogen (secondary N) is 1. The summed E-state index contributed by atoms with van der Waals surface area (Å²) in [6, 6.07) is 4.03. The third-order valence-corrected chi connectivity index (χ3v) is 2.18. The van der Waals surface area contributed by atoms with Crippen molar-refractivity contribution < 1.29 is 13.9 Å². The second-order valence-electron chi connectivity index (χ2n) is 4.56. The van der Waals surface area contributed by atoms with Crippen LogP contribution in [0.5, 0.6) is 0 Å². The van der Waals surface area contributed by atoms with Gasteiger partial charge in [-0.1, -0.05) is 11.6 Å². The molecule has 0 radical (unpaired) electrons. The molecule has 0 fully saturated rings. The van der Waals surface area contributed by atoms with Gasteiger partial charge in [-0.15, -0.1) is 0 Å². The fourth-order valence-corrected chi connectivity index (χ4v) is 1.31. The van der Waals surface area contributed by atoms with Gasteiger partial charge < -0.3 is 4.74 Å². The Hall–Kier alpha value is -1.80. The number of benzene rings is 1. The maximum absolute atomic E-state index is 13.3. The molecule has 1 amide bonds. The van der Waals surface area contributed by atoms with E-state index < -0.39 is 17.5 Å². The molecule has 18 heavy (non-hydrogen) atoms. The van der Waals surface area contributed by atoms with Gasteiger partial charge in [0, 0.05) is 0 Å². The van der Waals surface area contributed by atoms with E-state index in [2.05, 4.69) is 5.32 Å². The standard InChI is InChI=1S/C12H12ClFN2O2/c1-12(2,3)18-11(17)16-9-5-7(6-15)4-8(14)10(9)13/h4-5H,1-3H3,(H,16,17).